The van der Waals surface area contributed by atoms with Gasteiger partial charge in [-0.05, 0) is 62.2 Å². The lowest BCUT2D eigenvalue weighted by molar-refractivity contribution is 0.102. The third kappa shape index (κ3) is 3.61. The van der Waals surface area contributed by atoms with Gasteiger partial charge in [0.2, 0.25) is 0 Å². The highest BCUT2D eigenvalue weighted by Crippen LogP contribution is 2.32. The molecule has 20 heavy (non-hydrogen) atoms. The molecule has 0 aliphatic carbocycles. The predicted octanol–water partition coefficient (Wildman–Crippen LogP) is 6.02. The second-order valence-electron chi connectivity index (χ2n) is 3.82. The maximum atomic E-state index is 13.1. The van der Waals surface area contributed by atoms with Crippen molar-refractivity contribution in [1.82, 2.24) is 0 Å². The van der Waals surface area contributed by atoms with Gasteiger partial charge in [0.1, 0.15) is 5.82 Å². The molecule has 1 amide bonds. The molecule has 0 fully saturated rings. The maximum Gasteiger partial charge on any atom is 0.256 e. The van der Waals surface area contributed by atoms with E-state index in [-0.39, 0.29) is 10.9 Å². The van der Waals surface area contributed by atoms with Crippen molar-refractivity contribution in [2.45, 2.75) is 0 Å². The third-order valence-electron chi connectivity index (χ3n) is 2.42. The van der Waals surface area contributed by atoms with Gasteiger partial charge in [-0.25, -0.2) is 4.39 Å². The van der Waals surface area contributed by atoms with Crippen molar-refractivity contribution in [3.8, 4) is 0 Å². The van der Waals surface area contributed by atoms with E-state index in [4.69, 9.17) is 11.6 Å². The maximum absolute atomic E-state index is 13.1. The highest BCUT2D eigenvalue weighted by atomic mass is 79.9. The van der Waals surface area contributed by atoms with Crippen molar-refractivity contribution >= 4 is 71.0 Å². The van der Waals surface area contributed by atoms with Crippen LogP contribution in [0, 0.1) is 5.82 Å². The minimum Gasteiger partial charge on any atom is -0.320 e. The quantitative estimate of drug-likeness (QED) is 0.553. The Balaban J connectivity index is 2.35. The van der Waals surface area contributed by atoms with Crippen molar-refractivity contribution in [2.75, 3.05) is 5.32 Å². The molecular formula is C13H6Br3ClFNO. The summed E-state index contributed by atoms with van der Waals surface area (Å²) in [6.45, 7) is 0. The SMILES string of the molecule is O=C(Nc1c(Cl)cc(F)cc1Br)c1cc(Br)ccc1Br. The number of carbonyl (C=O) groups excluding carboxylic acids is 1. The summed E-state index contributed by atoms with van der Waals surface area (Å²) in [5.74, 6) is -0.837. The van der Waals surface area contributed by atoms with Crippen LogP contribution >= 0.6 is 59.4 Å². The average Bonchev–Trinajstić information content (AvgIpc) is 2.36. The zero-order valence-electron chi connectivity index (χ0n) is 9.68. The van der Waals surface area contributed by atoms with Crippen LogP contribution in [0.15, 0.2) is 43.7 Å². The van der Waals surface area contributed by atoms with E-state index in [1.165, 1.54) is 6.07 Å². The van der Waals surface area contributed by atoms with Gasteiger partial charge in [-0.2, -0.15) is 0 Å². The van der Waals surface area contributed by atoms with Crippen LogP contribution in [-0.2, 0) is 0 Å². The summed E-state index contributed by atoms with van der Waals surface area (Å²) in [6.07, 6.45) is 0. The smallest absolute Gasteiger partial charge is 0.256 e. The Bertz CT molecular complexity index is 670. The topological polar surface area (TPSA) is 29.1 Å². The molecule has 2 aromatic rings. The number of nitrogens with one attached hydrogen (secondary N) is 1. The van der Waals surface area contributed by atoms with Crippen LogP contribution < -0.4 is 5.32 Å². The number of anilines is 1. The molecule has 0 saturated heterocycles. The van der Waals surface area contributed by atoms with Crippen molar-refractivity contribution in [3.63, 3.8) is 0 Å². The molecule has 0 heterocycles. The highest BCUT2D eigenvalue weighted by molar-refractivity contribution is 9.11. The van der Waals surface area contributed by atoms with E-state index >= 15 is 0 Å². The number of amides is 1. The van der Waals surface area contributed by atoms with E-state index in [2.05, 4.69) is 53.1 Å². The molecular weight excluding hydrogens is 480 g/mol. The van der Waals surface area contributed by atoms with Crippen LogP contribution in [0.2, 0.25) is 5.02 Å². The second kappa shape index (κ2) is 6.56. The molecule has 0 unspecified atom stereocenters. The van der Waals surface area contributed by atoms with Gasteiger partial charge >= 0.3 is 0 Å². The van der Waals surface area contributed by atoms with E-state index in [1.54, 1.807) is 12.1 Å². The van der Waals surface area contributed by atoms with Gasteiger partial charge in [0.15, 0.2) is 0 Å². The van der Waals surface area contributed by atoms with Gasteiger partial charge < -0.3 is 5.32 Å². The fourth-order valence-corrected chi connectivity index (χ4v) is 3.20. The molecule has 104 valence electrons. The lowest BCUT2D eigenvalue weighted by Gasteiger charge is -2.11. The standard InChI is InChI=1S/C13H6Br3ClFNO/c14-6-1-2-9(15)8(3-6)13(20)19-12-10(16)4-7(18)5-11(12)17/h1-5H,(H,19,20). The summed E-state index contributed by atoms with van der Waals surface area (Å²) in [6, 6.07) is 7.60. The Kier molecular flexibility index (Phi) is 5.23. The van der Waals surface area contributed by atoms with Crippen molar-refractivity contribution < 1.29 is 9.18 Å². The largest absolute Gasteiger partial charge is 0.320 e. The molecule has 0 radical (unpaired) electrons. The normalized spacial score (nSPS) is 10.4. The van der Waals surface area contributed by atoms with E-state index < -0.39 is 5.82 Å². The van der Waals surface area contributed by atoms with Crippen LogP contribution in [0.4, 0.5) is 10.1 Å². The molecule has 0 aromatic heterocycles. The van der Waals surface area contributed by atoms with Crippen LogP contribution in [0.25, 0.3) is 0 Å². The molecule has 0 bridgehead atoms. The Morgan fingerprint density at radius 2 is 1.80 bits per heavy atom. The van der Waals surface area contributed by atoms with Crippen LogP contribution in [0.3, 0.4) is 0 Å². The van der Waals surface area contributed by atoms with Gasteiger partial charge in [0.25, 0.3) is 5.91 Å². The monoisotopic (exact) mass is 483 g/mol. The first-order chi connectivity index (χ1) is 9.38. The van der Waals surface area contributed by atoms with Crippen molar-refractivity contribution in [2.24, 2.45) is 0 Å². The van der Waals surface area contributed by atoms with Gasteiger partial charge in [-0.1, -0.05) is 27.5 Å². The summed E-state index contributed by atoms with van der Waals surface area (Å²) in [5, 5.41) is 2.78. The molecule has 0 spiro atoms. The first kappa shape index (κ1) is 15.9. The van der Waals surface area contributed by atoms with Gasteiger partial charge in [-0.3, -0.25) is 4.79 Å². The van der Waals surface area contributed by atoms with Crippen LogP contribution in [-0.4, -0.2) is 5.91 Å². The zero-order valence-corrected chi connectivity index (χ0v) is 15.2. The fourth-order valence-electron chi connectivity index (χ4n) is 1.51. The molecule has 2 rings (SSSR count). The Morgan fingerprint density at radius 3 is 2.45 bits per heavy atom. The summed E-state index contributed by atoms with van der Waals surface area (Å²) < 4.78 is 14.9. The molecule has 0 atom stereocenters. The minimum atomic E-state index is -0.483. The Labute approximate surface area is 145 Å². The first-order valence-corrected chi connectivity index (χ1v) is 8.05. The lowest BCUT2D eigenvalue weighted by atomic mass is 10.2. The predicted molar refractivity (Wildman–Crippen MR) is 88.9 cm³/mol. The average molecular weight is 486 g/mol. The number of halogens is 5. The van der Waals surface area contributed by atoms with E-state index in [9.17, 15) is 9.18 Å². The van der Waals surface area contributed by atoms with Gasteiger partial charge in [-0.15, -0.1) is 0 Å². The third-order valence-corrected chi connectivity index (χ3v) is 4.53. The fraction of sp³-hybridized carbons (Fsp3) is 0. The van der Waals surface area contributed by atoms with E-state index in [0.717, 1.165) is 10.5 Å². The summed E-state index contributed by atoms with van der Waals surface area (Å²) in [7, 11) is 0. The van der Waals surface area contributed by atoms with Gasteiger partial charge in [0, 0.05) is 13.4 Å². The molecule has 0 saturated carbocycles. The molecule has 7 heteroatoms. The Hall–Kier alpha value is -0.430. The lowest BCUT2D eigenvalue weighted by Crippen LogP contribution is -2.13. The summed E-state index contributed by atoms with van der Waals surface area (Å²) >= 11 is 15.7. The minimum absolute atomic E-state index is 0.122. The molecule has 0 aliphatic heterocycles. The zero-order chi connectivity index (χ0) is 14.9. The summed E-state index contributed by atoms with van der Waals surface area (Å²) in [4.78, 5) is 12.2. The second-order valence-corrected chi connectivity index (χ2v) is 6.85. The summed E-state index contributed by atoms with van der Waals surface area (Å²) in [5.41, 5.74) is 0.761. The molecule has 2 nitrogen and oxygen atoms in total. The Morgan fingerprint density at radius 1 is 1.10 bits per heavy atom. The number of rotatable bonds is 2. The van der Waals surface area contributed by atoms with Crippen molar-refractivity contribution in [1.29, 1.82) is 0 Å². The van der Waals surface area contributed by atoms with E-state index in [1.807, 2.05) is 6.07 Å². The highest BCUT2D eigenvalue weighted by Gasteiger charge is 2.15. The van der Waals surface area contributed by atoms with Crippen LogP contribution in [0.1, 0.15) is 10.4 Å². The molecule has 1 N–H and O–H groups in total. The first-order valence-electron chi connectivity index (χ1n) is 5.29. The number of benzene rings is 2. The number of carbonyl (C=O) groups is 1. The van der Waals surface area contributed by atoms with Crippen LogP contribution in [0.5, 0.6) is 0 Å². The van der Waals surface area contributed by atoms with Crippen molar-refractivity contribution in [3.05, 3.63) is 60.2 Å². The van der Waals surface area contributed by atoms with E-state index in [0.29, 0.717) is 20.2 Å². The number of hydrogen-bond acceptors (Lipinski definition) is 1. The number of hydrogen-bond donors (Lipinski definition) is 1. The molecule has 0 aliphatic rings. The molecule has 2 aromatic carbocycles. The van der Waals surface area contributed by atoms with Gasteiger partial charge in [0.05, 0.1) is 16.3 Å².